The van der Waals surface area contributed by atoms with Crippen molar-refractivity contribution in [3.05, 3.63) is 58.7 Å². The largest absolute Gasteiger partial charge is 0.416 e. The number of piperidine rings is 2. The molecule has 2 aromatic rings. The summed E-state index contributed by atoms with van der Waals surface area (Å²) in [5.74, 6) is 0.714. The lowest BCUT2D eigenvalue weighted by Gasteiger charge is -2.35. The van der Waals surface area contributed by atoms with Crippen LogP contribution >= 0.6 is 24.4 Å². The van der Waals surface area contributed by atoms with Gasteiger partial charge in [-0.3, -0.25) is 0 Å². The van der Waals surface area contributed by atoms with Crippen LogP contribution in [0.15, 0.2) is 36.4 Å². The molecule has 2 aromatic carbocycles. The highest BCUT2D eigenvalue weighted by Gasteiger charge is 2.38. The summed E-state index contributed by atoms with van der Waals surface area (Å²) in [6, 6.07) is 2.47. The topological polar surface area (TPSA) is 30.5 Å². The summed E-state index contributed by atoms with van der Waals surface area (Å²) in [4.78, 5) is 3.44. The van der Waals surface area contributed by atoms with Crippen molar-refractivity contribution in [2.24, 2.45) is 11.8 Å². The molecule has 2 aliphatic heterocycles. The van der Waals surface area contributed by atoms with Crippen LogP contribution in [0, 0.1) is 11.8 Å². The molecule has 2 N–H and O–H groups in total. The summed E-state index contributed by atoms with van der Waals surface area (Å²) in [6.45, 7) is 1.95. The lowest BCUT2D eigenvalue weighted by Crippen LogP contribution is -2.41. The Morgan fingerprint density at radius 3 is 1.02 bits per heavy atom. The SMILES string of the molecule is FC(F)(F)c1cc(NC(=S)N2CCC(CCCC3CCN(C(=S)Nc4cc(C(F)(F)F)cc(C(F)(F)F)c4)CC3)CC2)cc(C(F)(F)F)c1. The van der Waals surface area contributed by atoms with Crippen LogP contribution in [0.2, 0.25) is 0 Å². The number of halogens is 12. The van der Waals surface area contributed by atoms with Crippen molar-refractivity contribution in [2.45, 2.75) is 69.7 Å². The molecule has 0 unspecified atom stereocenters. The van der Waals surface area contributed by atoms with Gasteiger partial charge in [0.05, 0.1) is 22.3 Å². The zero-order chi connectivity index (χ0) is 36.4. The molecule has 4 nitrogen and oxygen atoms in total. The fraction of sp³-hybridized carbons (Fsp3) is 0.548. The first-order valence-electron chi connectivity index (χ1n) is 15.3. The van der Waals surface area contributed by atoms with Gasteiger partial charge in [0, 0.05) is 37.6 Å². The number of nitrogens with zero attached hydrogens (tertiary/aromatic N) is 2. The van der Waals surface area contributed by atoms with Crippen LogP contribution in [-0.2, 0) is 24.7 Å². The van der Waals surface area contributed by atoms with E-state index >= 15 is 0 Å². The van der Waals surface area contributed by atoms with Gasteiger partial charge in [-0.2, -0.15) is 52.7 Å². The third-order valence-corrected chi connectivity index (χ3v) is 9.43. The maximum atomic E-state index is 13.2. The van der Waals surface area contributed by atoms with Gasteiger partial charge in [0.2, 0.25) is 0 Å². The Morgan fingerprint density at radius 2 is 0.776 bits per heavy atom. The maximum absolute atomic E-state index is 13.2. The second-order valence-electron chi connectivity index (χ2n) is 12.2. The van der Waals surface area contributed by atoms with Crippen LogP contribution in [0.25, 0.3) is 0 Å². The van der Waals surface area contributed by atoms with Gasteiger partial charge in [0.25, 0.3) is 0 Å². The van der Waals surface area contributed by atoms with Crippen molar-refractivity contribution in [3.8, 4) is 0 Å². The quantitative estimate of drug-likeness (QED) is 0.226. The molecular weight excluding hydrogens is 720 g/mol. The smallest absolute Gasteiger partial charge is 0.349 e. The molecule has 2 heterocycles. The number of alkyl halides is 12. The molecule has 49 heavy (non-hydrogen) atoms. The van der Waals surface area contributed by atoms with Gasteiger partial charge < -0.3 is 20.4 Å². The van der Waals surface area contributed by atoms with E-state index in [-0.39, 0.29) is 22.4 Å². The molecule has 0 aliphatic carbocycles. The molecule has 0 bridgehead atoms. The van der Waals surface area contributed by atoms with E-state index in [0.717, 1.165) is 44.9 Å². The first-order valence-corrected chi connectivity index (χ1v) is 16.1. The van der Waals surface area contributed by atoms with E-state index < -0.39 is 58.3 Å². The Hall–Kier alpha value is -3.02. The molecule has 0 spiro atoms. The van der Waals surface area contributed by atoms with Crippen molar-refractivity contribution in [1.82, 2.24) is 9.80 Å². The van der Waals surface area contributed by atoms with Crippen LogP contribution in [0.4, 0.5) is 64.1 Å². The van der Waals surface area contributed by atoms with Crippen LogP contribution in [0.5, 0.6) is 0 Å². The lowest BCUT2D eigenvalue weighted by molar-refractivity contribution is -0.144. The van der Waals surface area contributed by atoms with Crippen LogP contribution in [-0.4, -0.2) is 46.2 Å². The van der Waals surface area contributed by atoms with E-state index in [9.17, 15) is 52.7 Å². The van der Waals surface area contributed by atoms with Crippen molar-refractivity contribution in [3.63, 3.8) is 0 Å². The zero-order valence-electron chi connectivity index (χ0n) is 25.6. The fourth-order valence-electron chi connectivity index (χ4n) is 6.00. The molecule has 0 atom stereocenters. The molecule has 2 fully saturated rings. The summed E-state index contributed by atoms with van der Waals surface area (Å²) in [5, 5.41) is 5.14. The van der Waals surface area contributed by atoms with E-state index in [1.54, 1.807) is 9.80 Å². The Kier molecular flexibility index (Phi) is 11.9. The predicted molar refractivity (Wildman–Crippen MR) is 168 cm³/mol. The van der Waals surface area contributed by atoms with Crippen molar-refractivity contribution in [2.75, 3.05) is 36.8 Å². The Morgan fingerprint density at radius 1 is 0.510 bits per heavy atom. The second-order valence-corrected chi connectivity index (χ2v) is 13.0. The summed E-state index contributed by atoms with van der Waals surface area (Å²) in [5.41, 5.74) is -6.54. The molecule has 2 saturated heterocycles. The molecular formula is C31H32F12N4S2. The minimum absolute atomic E-state index is 0.0407. The standard InChI is InChI=1S/C31H32F12N4S2/c32-28(33,34)20-12-21(29(35,36)37)15-24(14-20)44-26(48)46-8-4-18(5-9-46)2-1-3-19-6-10-47(11-7-19)27(49)45-25-16-22(30(38,39)40)13-23(17-25)31(41,42)43/h12-19H,1-11H2,(H,44,48)(H,45,49). The number of rotatable bonds is 6. The highest BCUT2D eigenvalue weighted by Crippen LogP contribution is 2.39. The van der Waals surface area contributed by atoms with Crippen LogP contribution in [0.3, 0.4) is 0 Å². The molecule has 0 aromatic heterocycles. The molecule has 0 radical (unpaired) electrons. The summed E-state index contributed by atoms with van der Waals surface area (Å²) in [7, 11) is 0. The van der Waals surface area contributed by atoms with E-state index in [0.29, 0.717) is 62.3 Å². The van der Waals surface area contributed by atoms with Gasteiger partial charge in [-0.1, -0.05) is 19.3 Å². The highest BCUT2D eigenvalue weighted by atomic mass is 32.1. The van der Waals surface area contributed by atoms with Gasteiger partial charge in [-0.05, 0) is 98.4 Å². The van der Waals surface area contributed by atoms with Gasteiger partial charge in [0.1, 0.15) is 0 Å². The first kappa shape index (κ1) is 38.8. The number of likely N-dealkylation sites (tertiary alicyclic amines) is 2. The summed E-state index contributed by atoms with van der Waals surface area (Å²) in [6.07, 6.45) is -14.2. The lowest BCUT2D eigenvalue weighted by atomic mass is 9.87. The minimum atomic E-state index is -4.97. The number of hydrogen-bond donors (Lipinski definition) is 2. The van der Waals surface area contributed by atoms with Crippen molar-refractivity contribution in [1.29, 1.82) is 0 Å². The van der Waals surface area contributed by atoms with Crippen molar-refractivity contribution < 1.29 is 52.7 Å². The molecule has 4 rings (SSSR count). The van der Waals surface area contributed by atoms with Crippen molar-refractivity contribution >= 4 is 46.0 Å². The Bertz CT molecular complexity index is 1300. The first-order chi connectivity index (χ1) is 22.6. The van der Waals surface area contributed by atoms with E-state index in [4.69, 9.17) is 24.4 Å². The Labute approximate surface area is 285 Å². The third-order valence-electron chi connectivity index (χ3n) is 8.71. The number of anilines is 2. The third kappa shape index (κ3) is 11.0. The normalized spacial score (nSPS) is 17.3. The molecule has 272 valence electrons. The van der Waals surface area contributed by atoms with Gasteiger partial charge in [-0.25, -0.2) is 0 Å². The zero-order valence-corrected chi connectivity index (χ0v) is 27.3. The average Bonchev–Trinajstić information content (AvgIpc) is 2.99. The van der Waals surface area contributed by atoms with E-state index in [1.807, 2.05) is 0 Å². The molecule has 18 heteroatoms. The summed E-state index contributed by atoms with van der Waals surface area (Å²) < 4.78 is 158. The fourth-order valence-corrected chi connectivity index (χ4v) is 6.60. The minimum Gasteiger partial charge on any atom is -0.349 e. The number of benzene rings is 2. The monoisotopic (exact) mass is 752 g/mol. The van der Waals surface area contributed by atoms with E-state index in [2.05, 4.69) is 10.6 Å². The van der Waals surface area contributed by atoms with Crippen LogP contribution in [0.1, 0.15) is 67.2 Å². The molecule has 0 amide bonds. The van der Waals surface area contributed by atoms with Gasteiger partial charge in [-0.15, -0.1) is 0 Å². The second kappa shape index (κ2) is 15.1. The number of nitrogens with one attached hydrogen (secondary N) is 2. The van der Waals surface area contributed by atoms with Gasteiger partial charge in [0.15, 0.2) is 10.2 Å². The van der Waals surface area contributed by atoms with Gasteiger partial charge >= 0.3 is 24.7 Å². The molecule has 2 aliphatic rings. The van der Waals surface area contributed by atoms with Crippen LogP contribution < -0.4 is 10.6 Å². The number of hydrogen-bond acceptors (Lipinski definition) is 2. The Balaban J connectivity index is 1.19. The maximum Gasteiger partial charge on any atom is 0.416 e. The summed E-state index contributed by atoms with van der Waals surface area (Å²) >= 11 is 10.6. The van der Waals surface area contributed by atoms with E-state index in [1.165, 1.54) is 0 Å². The average molecular weight is 753 g/mol. The highest BCUT2D eigenvalue weighted by molar-refractivity contribution is 7.80. The molecule has 0 saturated carbocycles. The number of thiocarbonyl (C=S) groups is 2. The predicted octanol–water partition coefficient (Wildman–Crippen LogP) is 10.4.